The summed E-state index contributed by atoms with van der Waals surface area (Å²) in [5.41, 5.74) is 1.66. The first-order valence-corrected chi connectivity index (χ1v) is 8.90. The highest BCUT2D eigenvalue weighted by molar-refractivity contribution is 6.34. The van der Waals surface area contributed by atoms with Crippen LogP contribution in [0.1, 0.15) is 31.2 Å². The molecule has 1 aliphatic heterocycles. The van der Waals surface area contributed by atoms with Gasteiger partial charge in [-0.05, 0) is 30.5 Å². The Balaban J connectivity index is 1.70. The predicted octanol–water partition coefficient (Wildman–Crippen LogP) is 3.76. The van der Waals surface area contributed by atoms with Crippen molar-refractivity contribution >= 4 is 29.1 Å². The molecule has 2 amide bonds. The Labute approximate surface area is 152 Å². The lowest BCUT2D eigenvalue weighted by atomic mass is 9.95. The number of halogens is 1. The third-order valence-electron chi connectivity index (χ3n) is 4.59. The zero-order valence-electron chi connectivity index (χ0n) is 14.1. The van der Waals surface area contributed by atoms with Crippen molar-refractivity contribution in [3.05, 3.63) is 65.2 Å². The van der Waals surface area contributed by atoms with Crippen molar-refractivity contribution in [2.75, 3.05) is 11.4 Å². The largest absolute Gasteiger partial charge is 0.344 e. The molecule has 130 valence electrons. The van der Waals surface area contributed by atoms with Crippen LogP contribution in [0.25, 0.3) is 0 Å². The molecule has 1 saturated heterocycles. The second kappa shape index (κ2) is 7.70. The van der Waals surface area contributed by atoms with E-state index in [0.717, 1.165) is 5.56 Å². The lowest BCUT2D eigenvalue weighted by molar-refractivity contribution is -0.127. The number of para-hydroxylation sites is 1. The summed E-state index contributed by atoms with van der Waals surface area (Å²) in [7, 11) is 0. The number of amides is 2. The summed E-state index contributed by atoms with van der Waals surface area (Å²) < 4.78 is 0. The molecule has 0 aromatic heterocycles. The predicted molar refractivity (Wildman–Crippen MR) is 99.8 cm³/mol. The van der Waals surface area contributed by atoms with Crippen molar-refractivity contribution in [3.8, 4) is 0 Å². The van der Waals surface area contributed by atoms with Crippen LogP contribution in [0.4, 0.5) is 5.69 Å². The van der Waals surface area contributed by atoms with Crippen LogP contribution in [0, 0.1) is 0 Å². The standard InChI is InChI=1S/C20H21ClN2O2/c1-2-15(14-8-4-3-5-9-14)19(24)22-17-12-13-23(20(17)25)18-11-7-6-10-16(18)21/h3-11,15,17H,2,12-13H2,1H3,(H,22,24). The third-order valence-corrected chi connectivity index (χ3v) is 4.91. The number of nitrogens with zero attached hydrogens (tertiary/aromatic N) is 1. The molecule has 5 heteroatoms. The van der Waals surface area contributed by atoms with E-state index in [4.69, 9.17) is 11.6 Å². The van der Waals surface area contributed by atoms with Gasteiger partial charge in [0.1, 0.15) is 6.04 Å². The Morgan fingerprint density at radius 3 is 2.56 bits per heavy atom. The van der Waals surface area contributed by atoms with Gasteiger partial charge in [0.25, 0.3) is 0 Å². The van der Waals surface area contributed by atoms with Crippen molar-refractivity contribution in [2.24, 2.45) is 0 Å². The van der Waals surface area contributed by atoms with E-state index >= 15 is 0 Å². The molecule has 0 radical (unpaired) electrons. The van der Waals surface area contributed by atoms with Crippen LogP contribution in [0.3, 0.4) is 0 Å². The third kappa shape index (κ3) is 3.69. The van der Waals surface area contributed by atoms with Gasteiger partial charge in [-0.15, -0.1) is 0 Å². The number of hydrogen-bond donors (Lipinski definition) is 1. The average Bonchev–Trinajstić information content (AvgIpc) is 2.97. The molecule has 0 aliphatic carbocycles. The van der Waals surface area contributed by atoms with E-state index in [1.807, 2.05) is 55.5 Å². The smallest absolute Gasteiger partial charge is 0.249 e. The average molecular weight is 357 g/mol. The maximum Gasteiger partial charge on any atom is 0.249 e. The number of benzene rings is 2. The van der Waals surface area contributed by atoms with E-state index in [9.17, 15) is 9.59 Å². The lowest BCUT2D eigenvalue weighted by Gasteiger charge is -2.20. The molecule has 2 aromatic rings. The molecule has 1 aliphatic rings. The van der Waals surface area contributed by atoms with Gasteiger partial charge in [-0.3, -0.25) is 9.59 Å². The van der Waals surface area contributed by atoms with Crippen LogP contribution in [-0.4, -0.2) is 24.4 Å². The number of nitrogens with one attached hydrogen (secondary N) is 1. The summed E-state index contributed by atoms with van der Waals surface area (Å²) in [5.74, 6) is -0.458. The molecule has 3 rings (SSSR count). The molecular formula is C20H21ClN2O2. The summed E-state index contributed by atoms with van der Waals surface area (Å²) in [6.07, 6.45) is 1.27. The summed E-state index contributed by atoms with van der Waals surface area (Å²) in [4.78, 5) is 27.0. The molecule has 2 aromatic carbocycles. The van der Waals surface area contributed by atoms with Gasteiger partial charge in [-0.1, -0.05) is 61.0 Å². The minimum absolute atomic E-state index is 0.104. The van der Waals surface area contributed by atoms with Crippen molar-refractivity contribution in [2.45, 2.75) is 31.7 Å². The van der Waals surface area contributed by atoms with Gasteiger partial charge >= 0.3 is 0 Å². The van der Waals surface area contributed by atoms with E-state index in [2.05, 4.69) is 5.32 Å². The van der Waals surface area contributed by atoms with Crippen LogP contribution < -0.4 is 10.2 Å². The Hall–Kier alpha value is -2.33. The monoisotopic (exact) mass is 356 g/mol. The summed E-state index contributed by atoms with van der Waals surface area (Å²) in [6.45, 7) is 2.53. The molecule has 4 nitrogen and oxygen atoms in total. The minimum Gasteiger partial charge on any atom is -0.344 e. The first-order chi connectivity index (χ1) is 12.1. The lowest BCUT2D eigenvalue weighted by Crippen LogP contribution is -2.43. The molecule has 1 N–H and O–H groups in total. The van der Waals surface area contributed by atoms with Crippen molar-refractivity contribution in [1.82, 2.24) is 5.32 Å². The first kappa shape index (κ1) is 17.5. The maximum atomic E-state index is 12.7. The summed E-state index contributed by atoms with van der Waals surface area (Å²) in [5, 5.41) is 3.46. The second-order valence-electron chi connectivity index (χ2n) is 6.16. The van der Waals surface area contributed by atoms with E-state index in [1.54, 1.807) is 11.0 Å². The molecule has 25 heavy (non-hydrogen) atoms. The minimum atomic E-state index is -0.499. The zero-order valence-corrected chi connectivity index (χ0v) is 14.9. The van der Waals surface area contributed by atoms with Crippen molar-refractivity contribution in [1.29, 1.82) is 0 Å². The molecule has 0 bridgehead atoms. The SMILES string of the molecule is CCC(C(=O)NC1CCN(c2ccccc2Cl)C1=O)c1ccccc1. The van der Waals surface area contributed by atoms with Gasteiger partial charge in [0.15, 0.2) is 0 Å². The van der Waals surface area contributed by atoms with E-state index in [-0.39, 0.29) is 17.7 Å². The van der Waals surface area contributed by atoms with Gasteiger partial charge in [-0.25, -0.2) is 0 Å². The van der Waals surface area contributed by atoms with Crippen LogP contribution in [0.2, 0.25) is 5.02 Å². The summed E-state index contributed by atoms with van der Waals surface area (Å²) in [6, 6.07) is 16.4. The fourth-order valence-corrected chi connectivity index (χ4v) is 3.49. The van der Waals surface area contributed by atoms with E-state index in [1.165, 1.54) is 0 Å². The number of anilines is 1. The van der Waals surface area contributed by atoms with Crippen molar-refractivity contribution < 1.29 is 9.59 Å². The quantitative estimate of drug-likeness (QED) is 0.886. The fourth-order valence-electron chi connectivity index (χ4n) is 3.25. The van der Waals surface area contributed by atoms with Gasteiger partial charge in [-0.2, -0.15) is 0 Å². The Kier molecular flexibility index (Phi) is 5.39. The van der Waals surface area contributed by atoms with Gasteiger partial charge in [0.2, 0.25) is 11.8 Å². The molecule has 1 fully saturated rings. The Bertz CT molecular complexity index is 763. The Morgan fingerprint density at radius 2 is 1.88 bits per heavy atom. The molecule has 2 unspecified atom stereocenters. The number of hydrogen-bond acceptors (Lipinski definition) is 2. The van der Waals surface area contributed by atoms with Gasteiger partial charge in [0, 0.05) is 6.54 Å². The second-order valence-corrected chi connectivity index (χ2v) is 6.57. The molecule has 0 saturated carbocycles. The number of carbonyl (C=O) groups excluding carboxylic acids is 2. The fraction of sp³-hybridized carbons (Fsp3) is 0.300. The van der Waals surface area contributed by atoms with Crippen LogP contribution in [0.15, 0.2) is 54.6 Å². The number of carbonyl (C=O) groups is 2. The highest BCUT2D eigenvalue weighted by atomic mass is 35.5. The van der Waals surface area contributed by atoms with Gasteiger partial charge < -0.3 is 10.2 Å². The maximum absolute atomic E-state index is 12.7. The van der Waals surface area contributed by atoms with E-state index < -0.39 is 6.04 Å². The van der Waals surface area contributed by atoms with Crippen molar-refractivity contribution in [3.63, 3.8) is 0 Å². The van der Waals surface area contributed by atoms with Gasteiger partial charge in [0.05, 0.1) is 16.6 Å². The highest BCUT2D eigenvalue weighted by Crippen LogP contribution is 2.29. The van der Waals surface area contributed by atoms with E-state index in [0.29, 0.717) is 30.1 Å². The first-order valence-electron chi connectivity index (χ1n) is 8.53. The van der Waals surface area contributed by atoms with Crippen LogP contribution in [-0.2, 0) is 9.59 Å². The highest BCUT2D eigenvalue weighted by Gasteiger charge is 2.35. The Morgan fingerprint density at radius 1 is 1.20 bits per heavy atom. The molecule has 2 atom stereocenters. The zero-order chi connectivity index (χ0) is 17.8. The van der Waals surface area contributed by atoms with Crippen LogP contribution >= 0.6 is 11.6 Å². The molecule has 0 spiro atoms. The van der Waals surface area contributed by atoms with Crippen LogP contribution in [0.5, 0.6) is 0 Å². The topological polar surface area (TPSA) is 49.4 Å². The normalized spacial score (nSPS) is 18.2. The number of rotatable bonds is 5. The summed E-state index contributed by atoms with van der Waals surface area (Å²) >= 11 is 6.19. The molecule has 1 heterocycles. The molecular weight excluding hydrogens is 336 g/mol.